The number of allylic oxidation sites excluding steroid dienone is 3. The molecule has 0 radical (unpaired) electrons. The summed E-state index contributed by atoms with van der Waals surface area (Å²) in [6.07, 6.45) is 13.3. The molecule has 190 valence electrons. The van der Waals surface area contributed by atoms with Gasteiger partial charge in [-0.2, -0.15) is 25.3 Å². The summed E-state index contributed by atoms with van der Waals surface area (Å²) in [5.74, 6) is 5.33. The zero-order valence-electron chi connectivity index (χ0n) is 20.4. The van der Waals surface area contributed by atoms with Crippen LogP contribution in [0.25, 0.3) is 0 Å². The molecule has 0 bridgehead atoms. The summed E-state index contributed by atoms with van der Waals surface area (Å²) in [5, 5.41) is 0. The SMILES string of the molecule is C[C@]12CCC(=O)C=C1CCCC2=O.C[C@]12CCC3(C=C1CCCC2=O)SCCS3.SCCS.[W]. The van der Waals surface area contributed by atoms with Crippen molar-refractivity contribution in [2.75, 3.05) is 23.0 Å². The number of carbonyl (C=O) groups is 3. The van der Waals surface area contributed by atoms with Crippen LogP contribution in [0.15, 0.2) is 23.3 Å². The number of ketones is 3. The van der Waals surface area contributed by atoms with Crippen LogP contribution in [-0.2, 0) is 35.4 Å². The minimum Gasteiger partial charge on any atom is -0.299 e. The average molecular weight is 711 g/mol. The van der Waals surface area contributed by atoms with Crippen molar-refractivity contribution in [3.8, 4) is 0 Å². The third kappa shape index (κ3) is 6.91. The van der Waals surface area contributed by atoms with E-state index in [2.05, 4.69) is 61.8 Å². The van der Waals surface area contributed by atoms with Crippen LogP contribution in [0.3, 0.4) is 0 Å². The number of hydrogen-bond acceptors (Lipinski definition) is 7. The molecule has 4 aliphatic carbocycles. The van der Waals surface area contributed by atoms with E-state index in [9.17, 15) is 14.4 Å². The van der Waals surface area contributed by atoms with Crippen LogP contribution in [0.4, 0.5) is 0 Å². The third-order valence-electron chi connectivity index (χ3n) is 7.80. The molecule has 0 aromatic rings. The molecule has 0 N–H and O–H groups in total. The predicted molar refractivity (Wildman–Crippen MR) is 149 cm³/mol. The van der Waals surface area contributed by atoms with Crippen LogP contribution in [0.1, 0.15) is 78.1 Å². The van der Waals surface area contributed by atoms with E-state index in [1.54, 1.807) is 6.08 Å². The smallest absolute Gasteiger partial charge is 0.155 e. The molecule has 1 saturated heterocycles. The number of carbonyl (C=O) groups excluding carboxylic acids is 3. The molecule has 1 heterocycles. The van der Waals surface area contributed by atoms with Crippen LogP contribution < -0.4 is 0 Å². The Hall–Kier alpha value is 0.578. The first-order valence-electron chi connectivity index (χ1n) is 12.2. The first kappa shape index (κ1) is 30.8. The van der Waals surface area contributed by atoms with Gasteiger partial charge >= 0.3 is 0 Å². The van der Waals surface area contributed by atoms with Crippen molar-refractivity contribution in [1.29, 1.82) is 0 Å². The van der Waals surface area contributed by atoms with E-state index >= 15 is 0 Å². The molecule has 5 rings (SSSR count). The molecular weight excluding hydrogens is 672 g/mol. The van der Waals surface area contributed by atoms with Crippen LogP contribution in [-0.4, -0.2) is 44.4 Å². The van der Waals surface area contributed by atoms with E-state index in [4.69, 9.17) is 0 Å². The second kappa shape index (κ2) is 13.4. The number of fused-ring (bicyclic) bond motifs is 2. The molecule has 34 heavy (non-hydrogen) atoms. The summed E-state index contributed by atoms with van der Waals surface area (Å²) in [4.78, 5) is 35.0. The fourth-order valence-corrected chi connectivity index (χ4v) is 8.64. The normalized spacial score (nSPS) is 31.5. The predicted octanol–water partition coefficient (Wildman–Crippen LogP) is 6.52. The monoisotopic (exact) mass is 710 g/mol. The Morgan fingerprint density at radius 3 is 1.85 bits per heavy atom. The minimum absolute atomic E-state index is 0. The Morgan fingerprint density at radius 1 is 0.765 bits per heavy atom. The second-order valence-corrected chi connectivity index (χ2v) is 14.0. The molecule has 3 fully saturated rings. The van der Waals surface area contributed by atoms with Gasteiger partial charge < -0.3 is 0 Å². The number of Topliss-reactive ketones (excluding diaryl/α,β-unsaturated/α-hetero) is 2. The van der Waals surface area contributed by atoms with Crippen molar-refractivity contribution >= 4 is 66.1 Å². The Morgan fingerprint density at radius 2 is 1.29 bits per heavy atom. The van der Waals surface area contributed by atoms with Gasteiger partial charge in [-0.3, -0.25) is 14.4 Å². The van der Waals surface area contributed by atoms with Gasteiger partial charge in [-0.15, -0.1) is 23.5 Å². The number of thiol groups is 2. The molecule has 2 saturated carbocycles. The van der Waals surface area contributed by atoms with Gasteiger partial charge in [-0.05, 0) is 76.4 Å². The average Bonchev–Trinajstić information content (AvgIpc) is 3.26. The van der Waals surface area contributed by atoms with Crippen LogP contribution in [0.2, 0.25) is 0 Å². The van der Waals surface area contributed by atoms with Crippen molar-refractivity contribution in [2.24, 2.45) is 10.8 Å². The Bertz CT molecular complexity index is 832. The van der Waals surface area contributed by atoms with E-state index in [0.29, 0.717) is 28.5 Å². The summed E-state index contributed by atoms with van der Waals surface area (Å²) < 4.78 is 0.340. The van der Waals surface area contributed by atoms with Crippen LogP contribution >= 0.6 is 48.8 Å². The van der Waals surface area contributed by atoms with Crippen LogP contribution in [0.5, 0.6) is 0 Å². The maximum Gasteiger partial charge on any atom is 0.155 e. The molecule has 1 aliphatic heterocycles. The molecule has 3 nitrogen and oxygen atoms in total. The number of hydrogen-bond donors (Lipinski definition) is 2. The fourth-order valence-electron chi connectivity index (χ4n) is 5.50. The maximum absolute atomic E-state index is 12.1. The van der Waals surface area contributed by atoms with E-state index in [-0.39, 0.29) is 37.7 Å². The topological polar surface area (TPSA) is 51.2 Å². The van der Waals surface area contributed by atoms with Gasteiger partial charge in [-0.1, -0.05) is 17.2 Å². The third-order valence-corrected chi connectivity index (χ3v) is 12.0. The van der Waals surface area contributed by atoms with Crippen molar-refractivity contribution in [3.05, 3.63) is 23.3 Å². The molecule has 5 aliphatic rings. The largest absolute Gasteiger partial charge is 0.299 e. The summed E-state index contributed by atoms with van der Waals surface area (Å²) >= 11 is 11.9. The van der Waals surface area contributed by atoms with Gasteiger partial charge in [0.25, 0.3) is 0 Å². The Labute approximate surface area is 239 Å². The molecule has 8 heteroatoms. The van der Waals surface area contributed by atoms with E-state index in [1.165, 1.54) is 23.5 Å². The van der Waals surface area contributed by atoms with Crippen molar-refractivity contribution < 1.29 is 35.4 Å². The Kier molecular flexibility index (Phi) is 12.1. The molecule has 0 unspecified atom stereocenters. The van der Waals surface area contributed by atoms with Crippen molar-refractivity contribution in [3.63, 3.8) is 0 Å². The van der Waals surface area contributed by atoms with Gasteiger partial charge in [-0.25, -0.2) is 0 Å². The second-order valence-electron chi connectivity index (χ2n) is 9.98. The van der Waals surface area contributed by atoms with Gasteiger partial charge in [0.1, 0.15) is 11.6 Å². The Balaban J connectivity index is 0.000000206. The number of rotatable bonds is 1. The first-order chi connectivity index (χ1) is 15.7. The number of thioether (sulfide) groups is 2. The van der Waals surface area contributed by atoms with Crippen LogP contribution in [0, 0.1) is 10.8 Å². The summed E-state index contributed by atoms with van der Waals surface area (Å²) in [5.41, 5.74) is 2.16. The van der Waals surface area contributed by atoms with Crippen molar-refractivity contribution in [1.82, 2.24) is 0 Å². The van der Waals surface area contributed by atoms with Gasteiger partial charge in [0.15, 0.2) is 5.78 Å². The first-order valence-corrected chi connectivity index (χ1v) is 15.4. The standard InChI is InChI=1S/C13H18OS2.C11H14O2.C2H6S2.W/c1-12-5-6-13(15-7-8-16-13)9-10(12)3-2-4-11(12)14;1-11-6-5-9(12)7-8(11)3-2-4-10(11)13;3-1-2-4;/h9H,2-8H2,1H3;7H,2-6H2,1H3;3-4H,1-2H2;/t12-;11-;;/m00../s1. The summed E-state index contributed by atoms with van der Waals surface area (Å²) in [7, 11) is 0. The van der Waals surface area contributed by atoms with Gasteiger partial charge in [0.2, 0.25) is 0 Å². The molecule has 2 atom stereocenters. The molecule has 0 aromatic heterocycles. The zero-order valence-corrected chi connectivity index (χ0v) is 26.8. The molecule has 0 aromatic carbocycles. The van der Waals surface area contributed by atoms with E-state index < -0.39 is 0 Å². The van der Waals surface area contributed by atoms with Crippen molar-refractivity contribution in [2.45, 2.75) is 82.1 Å². The zero-order chi connectivity index (χ0) is 24.1. The summed E-state index contributed by atoms with van der Waals surface area (Å²) in [6.45, 7) is 4.17. The molecular formula is C26H38O3S4W. The van der Waals surface area contributed by atoms with Gasteiger partial charge in [0.05, 0.1) is 4.08 Å². The van der Waals surface area contributed by atoms with E-state index in [0.717, 1.165) is 62.0 Å². The molecule has 1 spiro atoms. The van der Waals surface area contributed by atoms with E-state index in [1.807, 2.05) is 6.92 Å². The molecule has 0 amide bonds. The maximum atomic E-state index is 12.1. The quantitative estimate of drug-likeness (QED) is 0.240. The summed E-state index contributed by atoms with van der Waals surface area (Å²) in [6, 6.07) is 0. The fraction of sp³-hybridized carbons (Fsp3) is 0.731. The minimum atomic E-state index is -0.286. The van der Waals surface area contributed by atoms with Gasteiger partial charge in [0, 0.05) is 62.7 Å².